The van der Waals surface area contributed by atoms with Gasteiger partial charge >= 0.3 is 5.97 Å². The van der Waals surface area contributed by atoms with Crippen molar-refractivity contribution < 1.29 is 14.6 Å². The molecule has 1 aromatic carbocycles. The Morgan fingerprint density at radius 3 is 2.83 bits per heavy atom. The number of para-hydroxylation sites is 2. The molecule has 10 nitrogen and oxygen atoms in total. The van der Waals surface area contributed by atoms with E-state index in [2.05, 4.69) is 37.6 Å². The Morgan fingerprint density at radius 2 is 2.00 bits per heavy atom. The van der Waals surface area contributed by atoms with E-state index in [-0.39, 0.29) is 0 Å². The number of aromatic nitrogens is 4. The van der Waals surface area contributed by atoms with Crippen LogP contribution in [0.15, 0.2) is 54.7 Å². The standard InChI is InChI=1S/C32H41N7O3/c1-23-29(13-8-17-33-23)42-22-21-39(19-6-5-10-25-15-14-24-9-7-18-34-30(24)35-25)20-16-27(31(40)41)37-32-36-26-11-3-4-12-28(26)38(32)2/h3-4,8,11-15,17,27H,5-7,9-10,16,18-22H2,1-2H3,(H,34,35)(H,36,37)(H,40,41)/t27-/m0/s1. The van der Waals surface area contributed by atoms with Gasteiger partial charge in [-0.15, -0.1) is 0 Å². The van der Waals surface area contributed by atoms with Crippen LogP contribution in [0.25, 0.3) is 11.0 Å². The summed E-state index contributed by atoms with van der Waals surface area (Å²) in [5.74, 6) is 1.47. The molecule has 10 heteroatoms. The van der Waals surface area contributed by atoms with E-state index in [1.165, 1.54) is 5.56 Å². The second-order valence-corrected chi connectivity index (χ2v) is 10.9. The Balaban J connectivity index is 1.18. The van der Waals surface area contributed by atoms with E-state index in [4.69, 9.17) is 9.72 Å². The highest BCUT2D eigenvalue weighted by Gasteiger charge is 2.21. The molecule has 0 spiro atoms. The number of carbonyl (C=O) groups is 1. The van der Waals surface area contributed by atoms with Gasteiger partial charge in [-0.2, -0.15) is 0 Å². The van der Waals surface area contributed by atoms with Crippen molar-refractivity contribution in [2.45, 2.75) is 51.5 Å². The number of unbranched alkanes of at least 4 members (excludes halogenated alkanes) is 1. The first-order valence-corrected chi connectivity index (χ1v) is 14.9. The third-order valence-electron chi connectivity index (χ3n) is 7.86. The fourth-order valence-corrected chi connectivity index (χ4v) is 5.39. The minimum absolute atomic E-state index is 0.433. The molecule has 0 amide bonds. The van der Waals surface area contributed by atoms with E-state index in [1.807, 2.05) is 54.9 Å². The van der Waals surface area contributed by atoms with E-state index in [1.54, 1.807) is 6.20 Å². The van der Waals surface area contributed by atoms with Gasteiger partial charge in [0.2, 0.25) is 5.95 Å². The number of aryl methyl sites for hydroxylation is 4. The largest absolute Gasteiger partial charge is 0.490 e. The number of hydrogen-bond donors (Lipinski definition) is 3. The zero-order valence-corrected chi connectivity index (χ0v) is 24.6. The van der Waals surface area contributed by atoms with Crippen molar-refractivity contribution in [3.8, 4) is 5.75 Å². The monoisotopic (exact) mass is 571 g/mol. The summed E-state index contributed by atoms with van der Waals surface area (Å²) in [7, 11) is 1.90. The highest BCUT2D eigenvalue weighted by molar-refractivity contribution is 5.81. The number of anilines is 2. The van der Waals surface area contributed by atoms with Crippen molar-refractivity contribution in [2.75, 3.05) is 43.4 Å². The molecule has 1 aliphatic heterocycles. The average Bonchev–Trinajstić information content (AvgIpc) is 3.32. The topological polar surface area (TPSA) is 117 Å². The number of imidazole rings is 1. The summed E-state index contributed by atoms with van der Waals surface area (Å²) in [5, 5.41) is 16.6. The minimum atomic E-state index is -0.892. The van der Waals surface area contributed by atoms with Crippen molar-refractivity contribution in [3.63, 3.8) is 0 Å². The number of benzene rings is 1. The van der Waals surface area contributed by atoms with Crippen molar-refractivity contribution in [1.82, 2.24) is 24.4 Å². The lowest BCUT2D eigenvalue weighted by atomic mass is 10.1. The average molecular weight is 572 g/mol. The highest BCUT2D eigenvalue weighted by atomic mass is 16.5. The van der Waals surface area contributed by atoms with Crippen LogP contribution in [0.2, 0.25) is 0 Å². The van der Waals surface area contributed by atoms with Crippen LogP contribution in [0.3, 0.4) is 0 Å². The van der Waals surface area contributed by atoms with E-state index < -0.39 is 12.0 Å². The normalized spacial score (nSPS) is 13.5. The maximum Gasteiger partial charge on any atom is 0.326 e. The number of hydrogen-bond acceptors (Lipinski definition) is 8. The maximum absolute atomic E-state index is 12.2. The molecule has 5 rings (SSSR count). The molecule has 4 heterocycles. The van der Waals surface area contributed by atoms with Gasteiger partial charge in [0.25, 0.3) is 0 Å². The van der Waals surface area contributed by atoms with Gasteiger partial charge in [-0.05, 0) is 87.9 Å². The number of fused-ring (bicyclic) bond motifs is 2. The molecule has 0 radical (unpaired) electrons. The predicted octanol–water partition coefficient (Wildman–Crippen LogP) is 4.69. The van der Waals surface area contributed by atoms with E-state index in [0.29, 0.717) is 32.1 Å². The summed E-state index contributed by atoms with van der Waals surface area (Å²) >= 11 is 0. The molecule has 0 fully saturated rings. The molecular weight excluding hydrogens is 530 g/mol. The summed E-state index contributed by atoms with van der Waals surface area (Å²) in [4.78, 5) is 28.3. The molecule has 3 N–H and O–H groups in total. The number of ether oxygens (including phenoxy) is 1. The summed E-state index contributed by atoms with van der Waals surface area (Å²) in [6.07, 6.45) is 7.34. The Morgan fingerprint density at radius 1 is 1.12 bits per heavy atom. The number of nitrogens with zero attached hydrogens (tertiary/aromatic N) is 5. The minimum Gasteiger partial charge on any atom is -0.490 e. The van der Waals surface area contributed by atoms with Crippen LogP contribution < -0.4 is 15.4 Å². The van der Waals surface area contributed by atoms with Crippen LogP contribution in [-0.2, 0) is 24.7 Å². The molecule has 0 bridgehead atoms. The maximum atomic E-state index is 12.2. The molecule has 1 aliphatic rings. The van der Waals surface area contributed by atoms with Crippen LogP contribution in [0.1, 0.15) is 42.6 Å². The fraction of sp³-hybridized carbons (Fsp3) is 0.438. The van der Waals surface area contributed by atoms with Crippen LogP contribution in [0, 0.1) is 6.92 Å². The Hall–Kier alpha value is -4.18. The van der Waals surface area contributed by atoms with Crippen LogP contribution in [0.4, 0.5) is 11.8 Å². The quantitative estimate of drug-likeness (QED) is 0.175. The molecule has 3 aromatic heterocycles. The van der Waals surface area contributed by atoms with Gasteiger partial charge in [0.05, 0.1) is 16.7 Å². The van der Waals surface area contributed by atoms with E-state index in [9.17, 15) is 9.90 Å². The molecule has 222 valence electrons. The SMILES string of the molecule is Cc1ncccc1OCCN(CCCCc1ccc2c(n1)NCCC2)CC[C@H](Nc1nc2ccccc2n1C)C(=O)O. The second-order valence-electron chi connectivity index (χ2n) is 10.9. The lowest BCUT2D eigenvalue weighted by molar-refractivity contribution is -0.138. The molecule has 0 aliphatic carbocycles. The summed E-state index contributed by atoms with van der Waals surface area (Å²) in [6, 6.07) is 15.2. The van der Waals surface area contributed by atoms with Crippen molar-refractivity contribution in [1.29, 1.82) is 0 Å². The zero-order valence-electron chi connectivity index (χ0n) is 24.6. The second kappa shape index (κ2) is 14.1. The third kappa shape index (κ3) is 7.55. The molecule has 1 atom stereocenters. The summed E-state index contributed by atoms with van der Waals surface area (Å²) < 4.78 is 7.93. The van der Waals surface area contributed by atoms with Gasteiger partial charge in [0.1, 0.15) is 24.2 Å². The zero-order chi connectivity index (χ0) is 29.3. The first-order valence-electron chi connectivity index (χ1n) is 14.9. The van der Waals surface area contributed by atoms with Crippen molar-refractivity contribution >= 4 is 28.8 Å². The third-order valence-corrected chi connectivity index (χ3v) is 7.86. The van der Waals surface area contributed by atoms with Gasteiger partial charge < -0.3 is 25.0 Å². The number of pyridine rings is 2. The van der Waals surface area contributed by atoms with Crippen LogP contribution in [0.5, 0.6) is 5.75 Å². The lowest BCUT2D eigenvalue weighted by Crippen LogP contribution is -2.37. The molecule has 0 saturated carbocycles. The molecule has 4 aromatic rings. The van der Waals surface area contributed by atoms with E-state index >= 15 is 0 Å². The van der Waals surface area contributed by atoms with Gasteiger partial charge in [0.15, 0.2) is 0 Å². The van der Waals surface area contributed by atoms with Gasteiger partial charge in [0, 0.05) is 38.6 Å². The predicted molar refractivity (Wildman–Crippen MR) is 165 cm³/mol. The Bertz CT molecular complexity index is 1490. The Labute approximate surface area is 247 Å². The van der Waals surface area contributed by atoms with Crippen LogP contribution in [-0.4, -0.2) is 74.3 Å². The number of carboxylic acids is 1. The van der Waals surface area contributed by atoms with Crippen LogP contribution >= 0.6 is 0 Å². The number of aliphatic carboxylic acids is 1. The van der Waals surface area contributed by atoms with Gasteiger partial charge in [-0.25, -0.2) is 14.8 Å². The number of carboxylic acid groups (broad SMARTS) is 1. The summed E-state index contributed by atoms with van der Waals surface area (Å²) in [6.45, 7) is 5.57. The number of rotatable bonds is 15. The first-order chi connectivity index (χ1) is 20.5. The van der Waals surface area contributed by atoms with Crippen molar-refractivity contribution in [2.24, 2.45) is 7.05 Å². The van der Waals surface area contributed by atoms with Gasteiger partial charge in [-0.1, -0.05) is 18.2 Å². The van der Waals surface area contributed by atoms with E-state index in [0.717, 1.165) is 79.2 Å². The molecule has 0 unspecified atom stereocenters. The number of nitrogens with one attached hydrogen (secondary N) is 2. The molecular formula is C32H41N7O3. The smallest absolute Gasteiger partial charge is 0.326 e. The lowest BCUT2D eigenvalue weighted by Gasteiger charge is -2.25. The van der Waals surface area contributed by atoms with Gasteiger partial charge in [-0.3, -0.25) is 9.88 Å². The molecule has 42 heavy (non-hydrogen) atoms. The first kappa shape index (κ1) is 29.3. The highest BCUT2D eigenvalue weighted by Crippen LogP contribution is 2.21. The summed E-state index contributed by atoms with van der Waals surface area (Å²) in [5.41, 5.74) is 5.06. The Kier molecular flexibility index (Phi) is 9.86. The fourth-order valence-electron chi connectivity index (χ4n) is 5.39. The van der Waals surface area contributed by atoms with Crippen molar-refractivity contribution in [3.05, 3.63) is 71.7 Å². The molecule has 0 saturated heterocycles.